The summed E-state index contributed by atoms with van der Waals surface area (Å²) in [5.41, 5.74) is 1.90. The smallest absolute Gasteiger partial charge is 0.294 e. The van der Waals surface area contributed by atoms with Gasteiger partial charge in [0.1, 0.15) is 6.54 Å². The van der Waals surface area contributed by atoms with Gasteiger partial charge in [0.2, 0.25) is 5.91 Å². The third-order valence-electron chi connectivity index (χ3n) is 4.22. The number of phenolic OH excluding ortho intramolecular Hbond substituents is 1. The number of phenols is 1. The molecule has 1 fully saturated rings. The van der Waals surface area contributed by atoms with Crippen LogP contribution < -0.4 is 10.1 Å². The highest BCUT2D eigenvalue weighted by atomic mass is 127. The Morgan fingerprint density at radius 3 is 2.77 bits per heavy atom. The number of methoxy groups -OCH3 is 1. The van der Waals surface area contributed by atoms with Gasteiger partial charge in [-0.15, -0.1) is 0 Å². The summed E-state index contributed by atoms with van der Waals surface area (Å²) in [6.45, 7) is 1.40. The number of ether oxygens (including phenoxy) is 1. The van der Waals surface area contributed by atoms with Gasteiger partial charge in [0.25, 0.3) is 11.1 Å². The van der Waals surface area contributed by atoms with E-state index in [2.05, 4.69) is 5.32 Å². The van der Waals surface area contributed by atoms with Gasteiger partial charge in [-0.25, -0.2) is 0 Å². The lowest BCUT2D eigenvalue weighted by Crippen LogP contribution is -2.36. The highest BCUT2D eigenvalue weighted by Gasteiger charge is 2.36. The number of rotatable bonds is 5. The number of aryl methyl sites for hydroxylation is 1. The van der Waals surface area contributed by atoms with Crippen LogP contribution in [0.2, 0.25) is 5.02 Å². The number of hydrogen-bond donors (Lipinski definition) is 2. The third kappa shape index (κ3) is 4.90. The standard InChI is InChI=1S/C20H16ClIN2O5S/c1-10-3-4-12(21)8-14(10)23-17(25)9-24-19(27)16(30-20(24)28)7-11-5-13(22)18(26)15(6-11)29-2/h3-8,26H,9H2,1-2H3,(H,23,25)/b16-7+. The Bertz CT molecular complexity index is 1090. The number of amides is 3. The van der Waals surface area contributed by atoms with Gasteiger partial charge in [0.05, 0.1) is 15.6 Å². The molecule has 7 nitrogen and oxygen atoms in total. The molecule has 2 N–H and O–H groups in total. The SMILES string of the molecule is COc1cc(/C=C2/SC(=O)N(CC(=O)Nc3cc(Cl)ccc3C)C2=O)cc(I)c1O. The Balaban J connectivity index is 1.76. The normalized spacial score (nSPS) is 15.1. The fourth-order valence-electron chi connectivity index (χ4n) is 2.68. The lowest BCUT2D eigenvalue weighted by atomic mass is 10.2. The van der Waals surface area contributed by atoms with Crippen LogP contribution in [0.25, 0.3) is 6.08 Å². The summed E-state index contributed by atoms with van der Waals surface area (Å²) >= 11 is 8.63. The summed E-state index contributed by atoms with van der Waals surface area (Å²) in [4.78, 5) is 38.4. The van der Waals surface area contributed by atoms with Gasteiger partial charge in [-0.2, -0.15) is 0 Å². The monoisotopic (exact) mass is 558 g/mol. The number of hydrogen-bond acceptors (Lipinski definition) is 6. The number of nitrogens with zero attached hydrogens (tertiary/aromatic N) is 1. The number of anilines is 1. The predicted octanol–water partition coefficient (Wildman–Crippen LogP) is 4.64. The van der Waals surface area contributed by atoms with E-state index in [-0.39, 0.29) is 16.4 Å². The first-order valence-corrected chi connectivity index (χ1v) is 10.8. The van der Waals surface area contributed by atoms with Crippen LogP contribution in [0.1, 0.15) is 11.1 Å². The minimum atomic E-state index is -0.565. The average Bonchev–Trinajstić information content (AvgIpc) is 2.94. The van der Waals surface area contributed by atoms with Crippen LogP contribution in [0.4, 0.5) is 10.5 Å². The average molecular weight is 559 g/mol. The molecule has 0 unspecified atom stereocenters. The summed E-state index contributed by atoms with van der Waals surface area (Å²) in [6, 6.07) is 8.27. The van der Waals surface area contributed by atoms with E-state index in [1.807, 2.05) is 29.5 Å². The number of nitrogens with one attached hydrogen (secondary N) is 1. The first kappa shape index (κ1) is 22.4. The summed E-state index contributed by atoms with van der Waals surface area (Å²) < 4.78 is 5.65. The molecule has 156 valence electrons. The molecule has 0 aliphatic carbocycles. The zero-order valence-corrected chi connectivity index (χ0v) is 19.6. The van der Waals surface area contributed by atoms with Crippen molar-refractivity contribution in [2.75, 3.05) is 19.0 Å². The molecule has 1 aliphatic heterocycles. The van der Waals surface area contributed by atoms with Crippen LogP contribution in [0.3, 0.4) is 0 Å². The van der Waals surface area contributed by atoms with Gasteiger partial charge >= 0.3 is 0 Å². The molecule has 0 saturated carbocycles. The lowest BCUT2D eigenvalue weighted by molar-refractivity contribution is -0.127. The van der Waals surface area contributed by atoms with Crippen molar-refractivity contribution >= 4 is 74.8 Å². The van der Waals surface area contributed by atoms with E-state index in [4.69, 9.17) is 16.3 Å². The van der Waals surface area contributed by atoms with Crippen molar-refractivity contribution in [2.45, 2.75) is 6.92 Å². The van der Waals surface area contributed by atoms with Crippen LogP contribution in [0, 0.1) is 10.5 Å². The first-order chi connectivity index (χ1) is 14.2. The minimum Gasteiger partial charge on any atom is -0.504 e. The Kier molecular flexibility index (Phi) is 6.94. The lowest BCUT2D eigenvalue weighted by Gasteiger charge is -2.13. The Hall–Kier alpha value is -2.24. The zero-order chi connectivity index (χ0) is 22.0. The van der Waals surface area contributed by atoms with E-state index in [1.54, 1.807) is 30.3 Å². The molecule has 10 heteroatoms. The number of carbonyl (C=O) groups excluding carboxylic acids is 3. The summed E-state index contributed by atoms with van der Waals surface area (Å²) in [6.07, 6.45) is 1.52. The first-order valence-electron chi connectivity index (χ1n) is 8.57. The van der Waals surface area contributed by atoms with Crippen molar-refractivity contribution in [1.29, 1.82) is 0 Å². The van der Waals surface area contributed by atoms with E-state index in [1.165, 1.54) is 13.2 Å². The Morgan fingerprint density at radius 2 is 2.07 bits per heavy atom. The Morgan fingerprint density at radius 1 is 1.33 bits per heavy atom. The van der Waals surface area contributed by atoms with Gasteiger partial charge in [-0.1, -0.05) is 17.7 Å². The number of thioether (sulfide) groups is 1. The number of halogens is 2. The van der Waals surface area contributed by atoms with E-state index >= 15 is 0 Å². The summed E-state index contributed by atoms with van der Waals surface area (Å²) in [5, 5.41) is 12.5. The van der Waals surface area contributed by atoms with E-state index in [0.29, 0.717) is 19.8 Å². The van der Waals surface area contributed by atoms with Crippen molar-refractivity contribution in [1.82, 2.24) is 4.90 Å². The van der Waals surface area contributed by atoms with E-state index < -0.39 is 23.6 Å². The molecular formula is C20H16ClIN2O5S. The number of aromatic hydroxyl groups is 1. The topological polar surface area (TPSA) is 95.9 Å². The van der Waals surface area contributed by atoms with Gasteiger partial charge in [-0.3, -0.25) is 19.3 Å². The van der Waals surface area contributed by atoms with Crippen molar-refractivity contribution in [3.63, 3.8) is 0 Å². The maximum atomic E-state index is 12.7. The van der Waals surface area contributed by atoms with Crippen LogP contribution in [0.15, 0.2) is 35.2 Å². The van der Waals surface area contributed by atoms with Gasteiger partial charge in [-0.05, 0) is 82.7 Å². The van der Waals surface area contributed by atoms with Gasteiger partial charge < -0.3 is 15.2 Å². The molecule has 1 heterocycles. The maximum Gasteiger partial charge on any atom is 0.294 e. The van der Waals surface area contributed by atoms with Gasteiger partial charge in [0, 0.05) is 10.7 Å². The molecule has 0 bridgehead atoms. The molecule has 0 spiro atoms. The molecule has 2 aromatic rings. The number of carbonyl (C=O) groups is 3. The zero-order valence-electron chi connectivity index (χ0n) is 15.9. The largest absolute Gasteiger partial charge is 0.504 e. The fraction of sp³-hybridized carbons (Fsp3) is 0.150. The van der Waals surface area contributed by atoms with Crippen LogP contribution in [-0.4, -0.2) is 40.7 Å². The molecule has 30 heavy (non-hydrogen) atoms. The third-order valence-corrected chi connectivity index (χ3v) is 6.18. The van der Waals surface area contributed by atoms with Gasteiger partial charge in [0.15, 0.2) is 11.5 Å². The van der Waals surface area contributed by atoms with Crippen molar-refractivity contribution in [3.05, 3.63) is 55.0 Å². The maximum absolute atomic E-state index is 12.7. The predicted molar refractivity (Wildman–Crippen MR) is 125 cm³/mol. The molecule has 0 radical (unpaired) electrons. The highest BCUT2D eigenvalue weighted by Crippen LogP contribution is 2.36. The van der Waals surface area contributed by atoms with Crippen molar-refractivity contribution in [2.24, 2.45) is 0 Å². The summed E-state index contributed by atoms with van der Waals surface area (Å²) in [7, 11) is 1.42. The van der Waals surface area contributed by atoms with E-state index in [0.717, 1.165) is 22.2 Å². The van der Waals surface area contributed by atoms with Crippen LogP contribution >= 0.6 is 46.0 Å². The van der Waals surface area contributed by atoms with Crippen molar-refractivity contribution < 1.29 is 24.2 Å². The Labute approximate surface area is 195 Å². The second-order valence-corrected chi connectivity index (χ2v) is 8.92. The highest BCUT2D eigenvalue weighted by molar-refractivity contribution is 14.1. The molecule has 0 aromatic heterocycles. The molecule has 3 amide bonds. The number of benzene rings is 2. The molecule has 3 rings (SSSR count). The molecule has 0 atom stereocenters. The van der Waals surface area contributed by atoms with Crippen LogP contribution in [0.5, 0.6) is 11.5 Å². The quantitative estimate of drug-likeness (QED) is 0.410. The number of imide groups is 1. The van der Waals surface area contributed by atoms with E-state index in [9.17, 15) is 19.5 Å². The molecule has 1 saturated heterocycles. The van der Waals surface area contributed by atoms with Crippen molar-refractivity contribution in [3.8, 4) is 11.5 Å². The molecule has 2 aromatic carbocycles. The second-order valence-electron chi connectivity index (χ2n) is 6.33. The molecular weight excluding hydrogens is 543 g/mol. The summed E-state index contributed by atoms with van der Waals surface area (Å²) in [5.74, 6) is -0.824. The van der Waals surface area contributed by atoms with Crippen LogP contribution in [-0.2, 0) is 9.59 Å². The minimum absolute atomic E-state index is 0.00339. The second kappa shape index (κ2) is 9.27. The fourth-order valence-corrected chi connectivity index (χ4v) is 4.32. The molecule has 1 aliphatic rings.